The second-order valence-corrected chi connectivity index (χ2v) is 8.00. The molecule has 4 heteroatoms. The van der Waals surface area contributed by atoms with Crippen molar-refractivity contribution in [1.29, 1.82) is 0 Å². The molecule has 1 aliphatic carbocycles. The van der Waals surface area contributed by atoms with Gasteiger partial charge in [-0.2, -0.15) is 0 Å². The third-order valence-electron chi connectivity index (χ3n) is 5.81. The second kappa shape index (κ2) is 8.66. The quantitative estimate of drug-likeness (QED) is 0.725. The monoisotopic (exact) mass is 380 g/mol. The Hall–Kier alpha value is -2.20. The van der Waals surface area contributed by atoms with Crippen LogP contribution in [-0.2, 0) is 0 Å². The summed E-state index contributed by atoms with van der Waals surface area (Å²) >= 11 is 5.44. The Kier molecular flexibility index (Phi) is 6.27. The number of carbonyl (C=O) groups excluding carboxylic acids is 1. The molecule has 0 spiro atoms. The molecule has 142 valence electrons. The molecule has 2 N–H and O–H groups in total. The average Bonchev–Trinajstić information content (AvgIpc) is 2.70. The summed E-state index contributed by atoms with van der Waals surface area (Å²) in [6.45, 7) is 4.32. The lowest BCUT2D eigenvalue weighted by atomic mass is 9.73. The summed E-state index contributed by atoms with van der Waals surface area (Å²) in [6.07, 6.45) is 5.39. The highest BCUT2D eigenvalue weighted by molar-refractivity contribution is 7.80. The first-order valence-corrected chi connectivity index (χ1v) is 10.2. The summed E-state index contributed by atoms with van der Waals surface area (Å²) in [4.78, 5) is 12.3. The lowest BCUT2D eigenvalue weighted by Gasteiger charge is -2.41. The number of carbonyl (C=O) groups is 1. The number of aryl methyl sites for hydroxylation is 1. The molecule has 0 aliphatic heterocycles. The van der Waals surface area contributed by atoms with Crippen LogP contribution in [0.1, 0.15) is 66.4 Å². The van der Waals surface area contributed by atoms with Crippen molar-refractivity contribution < 1.29 is 4.79 Å². The first kappa shape index (κ1) is 19.6. The van der Waals surface area contributed by atoms with Crippen LogP contribution in [-0.4, -0.2) is 16.6 Å². The summed E-state index contributed by atoms with van der Waals surface area (Å²) < 4.78 is 0. The zero-order valence-corrected chi connectivity index (χ0v) is 16.9. The van der Waals surface area contributed by atoms with Gasteiger partial charge in [-0.05, 0) is 74.9 Å². The molecule has 0 atom stereocenters. The van der Waals surface area contributed by atoms with Crippen LogP contribution in [0.3, 0.4) is 0 Å². The maximum absolute atomic E-state index is 12.3. The molecule has 2 aromatic carbocycles. The minimum absolute atomic E-state index is 0.0255. The molecule has 3 nitrogen and oxygen atoms in total. The van der Waals surface area contributed by atoms with Crippen LogP contribution >= 0.6 is 12.2 Å². The number of thiocarbonyl (C=S) groups is 1. The molecule has 0 heterocycles. The maximum atomic E-state index is 12.3. The normalized spacial score (nSPS) is 22.1. The SMILES string of the molecule is CCC1(NC(=S)NC(=O)c2ccccc2)CCC(c2ccc(C)cc2)CC1. The lowest BCUT2D eigenvalue weighted by Crippen LogP contribution is -2.54. The number of hydrogen-bond acceptors (Lipinski definition) is 2. The molecular weight excluding hydrogens is 352 g/mol. The molecule has 1 amide bonds. The number of hydrogen-bond donors (Lipinski definition) is 2. The zero-order chi connectivity index (χ0) is 19.3. The van der Waals surface area contributed by atoms with E-state index in [0.717, 1.165) is 32.1 Å². The summed E-state index contributed by atoms with van der Waals surface area (Å²) in [5, 5.41) is 6.73. The van der Waals surface area contributed by atoms with Crippen molar-refractivity contribution in [2.24, 2.45) is 0 Å². The molecule has 27 heavy (non-hydrogen) atoms. The van der Waals surface area contributed by atoms with E-state index < -0.39 is 0 Å². The molecule has 0 unspecified atom stereocenters. The third-order valence-corrected chi connectivity index (χ3v) is 6.01. The van der Waals surface area contributed by atoms with Crippen molar-refractivity contribution in [3.63, 3.8) is 0 Å². The molecule has 1 fully saturated rings. The molecule has 0 saturated heterocycles. The van der Waals surface area contributed by atoms with Gasteiger partial charge >= 0.3 is 0 Å². The summed E-state index contributed by atoms with van der Waals surface area (Å²) in [5.41, 5.74) is 3.33. The highest BCUT2D eigenvalue weighted by atomic mass is 32.1. The second-order valence-electron chi connectivity index (χ2n) is 7.59. The number of nitrogens with one attached hydrogen (secondary N) is 2. The van der Waals surface area contributed by atoms with Crippen LogP contribution in [0.2, 0.25) is 0 Å². The van der Waals surface area contributed by atoms with E-state index in [1.807, 2.05) is 18.2 Å². The van der Waals surface area contributed by atoms with Crippen molar-refractivity contribution in [2.75, 3.05) is 0 Å². The van der Waals surface area contributed by atoms with Crippen LogP contribution in [0.15, 0.2) is 54.6 Å². The highest BCUT2D eigenvalue weighted by Gasteiger charge is 2.35. The Labute approximate surface area is 167 Å². The fourth-order valence-electron chi connectivity index (χ4n) is 3.95. The Bertz CT molecular complexity index is 778. The topological polar surface area (TPSA) is 41.1 Å². The Morgan fingerprint density at radius 3 is 2.30 bits per heavy atom. The maximum Gasteiger partial charge on any atom is 0.257 e. The average molecular weight is 381 g/mol. The number of benzene rings is 2. The third kappa shape index (κ3) is 4.95. The highest BCUT2D eigenvalue weighted by Crippen LogP contribution is 2.39. The smallest absolute Gasteiger partial charge is 0.257 e. The van der Waals surface area contributed by atoms with Gasteiger partial charge in [0, 0.05) is 11.1 Å². The molecule has 1 saturated carbocycles. The lowest BCUT2D eigenvalue weighted by molar-refractivity contribution is 0.0975. The van der Waals surface area contributed by atoms with Gasteiger partial charge in [-0.15, -0.1) is 0 Å². The molecule has 0 bridgehead atoms. The molecular formula is C23H28N2OS. The van der Waals surface area contributed by atoms with E-state index in [2.05, 4.69) is 48.7 Å². The minimum Gasteiger partial charge on any atom is -0.357 e. The van der Waals surface area contributed by atoms with Gasteiger partial charge in [-0.25, -0.2) is 0 Å². The fraction of sp³-hybridized carbons (Fsp3) is 0.391. The van der Waals surface area contributed by atoms with E-state index in [0.29, 0.717) is 16.6 Å². The van der Waals surface area contributed by atoms with Crippen molar-refractivity contribution in [1.82, 2.24) is 10.6 Å². The van der Waals surface area contributed by atoms with Gasteiger partial charge in [-0.1, -0.05) is 55.0 Å². The summed E-state index contributed by atoms with van der Waals surface area (Å²) in [6, 6.07) is 18.1. The molecule has 0 aromatic heterocycles. The Balaban J connectivity index is 1.57. The first-order valence-electron chi connectivity index (χ1n) is 9.76. The van der Waals surface area contributed by atoms with Gasteiger partial charge in [-0.3, -0.25) is 10.1 Å². The van der Waals surface area contributed by atoms with Crippen molar-refractivity contribution >= 4 is 23.2 Å². The number of rotatable bonds is 4. The van der Waals surface area contributed by atoms with Crippen LogP contribution < -0.4 is 10.6 Å². The van der Waals surface area contributed by atoms with Crippen LogP contribution in [0.4, 0.5) is 0 Å². The van der Waals surface area contributed by atoms with E-state index in [4.69, 9.17) is 12.2 Å². The predicted octanol–water partition coefficient (Wildman–Crippen LogP) is 5.11. The van der Waals surface area contributed by atoms with E-state index >= 15 is 0 Å². The van der Waals surface area contributed by atoms with Gasteiger partial charge in [0.15, 0.2) is 5.11 Å². The van der Waals surface area contributed by atoms with Gasteiger partial charge in [0.25, 0.3) is 5.91 Å². The number of amides is 1. The molecule has 1 aliphatic rings. The molecule has 3 rings (SSSR count). The van der Waals surface area contributed by atoms with Gasteiger partial charge in [0.05, 0.1) is 0 Å². The van der Waals surface area contributed by atoms with E-state index in [-0.39, 0.29) is 11.4 Å². The molecule has 2 aromatic rings. The summed E-state index contributed by atoms with van der Waals surface area (Å²) in [5.74, 6) is 0.451. The largest absolute Gasteiger partial charge is 0.357 e. The van der Waals surface area contributed by atoms with E-state index in [1.165, 1.54) is 11.1 Å². The molecule has 0 radical (unpaired) electrons. The van der Waals surface area contributed by atoms with E-state index in [9.17, 15) is 4.79 Å². The first-order chi connectivity index (χ1) is 13.0. The Morgan fingerprint density at radius 1 is 1.07 bits per heavy atom. The van der Waals surface area contributed by atoms with Crippen molar-refractivity contribution in [2.45, 2.75) is 57.4 Å². The van der Waals surface area contributed by atoms with Gasteiger partial charge in [0.1, 0.15) is 0 Å². The Morgan fingerprint density at radius 2 is 1.70 bits per heavy atom. The van der Waals surface area contributed by atoms with E-state index in [1.54, 1.807) is 12.1 Å². The van der Waals surface area contributed by atoms with Crippen LogP contribution in [0.5, 0.6) is 0 Å². The fourth-order valence-corrected chi connectivity index (χ4v) is 4.26. The van der Waals surface area contributed by atoms with Crippen LogP contribution in [0, 0.1) is 6.92 Å². The van der Waals surface area contributed by atoms with Crippen LogP contribution in [0.25, 0.3) is 0 Å². The van der Waals surface area contributed by atoms with Gasteiger partial charge < -0.3 is 5.32 Å². The van der Waals surface area contributed by atoms with Crippen molar-refractivity contribution in [3.05, 3.63) is 71.3 Å². The van der Waals surface area contributed by atoms with Gasteiger partial charge in [0.2, 0.25) is 0 Å². The van der Waals surface area contributed by atoms with Crippen molar-refractivity contribution in [3.8, 4) is 0 Å². The summed E-state index contributed by atoms with van der Waals surface area (Å²) in [7, 11) is 0. The predicted molar refractivity (Wildman–Crippen MR) is 115 cm³/mol. The standard InChI is InChI=1S/C23H28N2OS/c1-3-23(25-22(27)24-21(26)20-7-5-4-6-8-20)15-13-19(14-16-23)18-11-9-17(2)10-12-18/h4-12,19H,3,13-16H2,1-2H3,(H2,24,25,26,27). The minimum atomic E-state index is -0.160. The zero-order valence-electron chi connectivity index (χ0n) is 16.1.